The highest BCUT2D eigenvalue weighted by molar-refractivity contribution is 5.87. The number of allylic oxidation sites excluding steroid dienone is 7. The van der Waals surface area contributed by atoms with Crippen molar-refractivity contribution in [2.24, 2.45) is 0 Å². The van der Waals surface area contributed by atoms with Crippen LogP contribution in [0.15, 0.2) is 60.4 Å². The molecule has 1 N–H and O–H groups in total. The number of nitrogens with one attached hydrogen (secondary N) is 1. The van der Waals surface area contributed by atoms with Gasteiger partial charge in [-0.15, -0.1) is 0 Å². The van der Waals surface area contributed by atoms with E-state index in [1.807, 2.05) is 25.3 Å². The van der Waals surface area contributed by atoms with Gasteiger partial charge in [0.15, 0.2) is 0 Å². The highest BCUT2D eigenvalue weighted by atomic mass is 14.7. The Hall–Kier alpha value is -2.28. The summed E-state index contributed by atoms with van der Waals surface area (Å²) in [6, 6.07) is 0. The van der Waals surface area contributed by atoms with E-state index in [4.69, 9.17) is 0 Å². The van der Waals surface area contributed by atoms with E-state index in [0.29, 0.717) is 0 Å². The quantitative estimate of drug-likeness (QED) is 0.702. The van der Waals surface area contributed by atoms with Gasteiger partial charge in [-0.25, -0.2) is 0 Å². The first-order chi connectivity index (χ1) is 9.99. The lowest BCUT2D eigenvalue weighted by molar-refractivity contribution is 1.09. The molecule has 0 saturated heterocycles. The van der Waals surface area contributed by atoms with E-state index < -0.39 is 0 Å². The normalized spacial score (nSPS) is 15.6. The van der Waals surface area contributed by atoms with Crippen LogP contribution in [0.25, 0.3) is 17.7 Å². The van der Waals surface area contributed by atoms with Crippen LogP contribution in [-0.2, 0) is 0 Å². The molecular weight excluding hydrogens is 254 g/mol. The molecule has 0 spiro atoms. The van der Waals surface area contributed by atoms with Crippen molar-refractivity contribution < 1.29 is 0 Å². The van der Waals surface area contributed by atoms with Gasteiger partial charge in [0.05, 0.1) is 0 Å². The molecule has 1 nitrogen and oxygen atoms in total. The molecule has 0 radical (unpaired) electrons. The average molecular weight is 277 g/mol. The van der Waals surface area contributed by atoms with E-state index >= 15 is 0 Å². The standard InChI is InChI=1S/C20H23N/c1-7-9-17-19(12-21-20(17)8-2)16(6)18-11-13(3)10-14(4)15(18)5/h7-10,12,21H,2,4,6,11H2,1,3,5H3/b9-7-. The van der Waals surface area contributed by atoms with Crippen molar-refractivity contribution in [2.75, 3.05) is 0 Å². The van der Waals surface area contributed by atoms with Crippen LogP contribution in [0.4, 0.5) is 0 Å². The zero-order chi connectivity index (χ0) is 15.6. The molecule has 0 bridgehead atoms. The summed E-state index contributed by atoms with van der Waals surface area (Å²) in [6.45, 7) is 18.6. The van der Waals surface area contributed by atoms with Gasteiger partial charge in [0.2, 0.25) is 0 Å². The molecule has 0 fully saturated rings. The van der Waals surface area contributed by atoms with Crippen molar-refractivity contribution in [1.29, 1.82) is 0 Å². The second-order valence-electron chi connectivity index (χ2n) is 5.51. The minimum Gasteiger partial charge on any atom is -0.361 e. The van der Waals surface area contributed by atoms with Gasteiger partial charge < -0.3 is 4.98 Å². The fraction of sp³-hybridized carbons (Fsp3) is 0.200. The first-order valence-corrected chi connectivity index (χ1v) is 7.22. The largest absolute Gasteiger partial charge is 0.361 e. The van der Waals surface area contributed by atoms with E-state index in [1.165, 1.54) is 16.7 Å². The molecule has 1 heterocycles. The van der Waals surface area contributed by atoms with Crippen LogP contribution in [0.1, 0.15) is 44.0 Å². The molecule has 2 rings (SSSR count). The number of H-pyrrole nitrogens is 1. The molecule has 0 aliphatic heterocycles. The van der Waals surface area contributed by atoms with E-state index in [1.54, 1.807) is 0 Å². The van der Waals surface area contributed by atoms with Gasteiger partial charge in [-0.1, -0.05) is 43.5 Å². The topological polar surface area (TPSA) is 15.8 Å². The molecule has 1 aromatic heterocycles. The number of hydrogen-bond donors (Lipinski definition) is 1. The van der Waals surface area contributed by atoms with Crippen LogP contribution in [0.5, 0.6) is 0 Å². The molecule has 108 valence electrons. The van der Waals surface area contributed by atoms with Gasteiger partial charge in [-0.3, -0.25) is 0 Å². The third-order valence-electron chi connectivity index (χ3n) is 3.99. The Morgan fingerprint density at radius 1 is 1.33 bits per heavy atom. The minimum absolute atomic E-state index is 0.938. The molecule has 0 saturated carbocycles. The molecule has 0 atom stereocenters. The van der Waals surface area contributed by atoms with Gasteiger partial charge in [0.25, 0.3) is 0 Å². The molecular formula is C20H23N. The average Bonchev–Trinajstić information content (AvgIpc) is 2.85. The lowest BCUT2D eigenvalue weighted by Crippen LogP contribution is -2.01. The maximum absolute atomic E-state index is 4.34. The first-order valence-electron chi connectivity index (χ1n) is 7.22. The summed E-state index contributed by atoms with van der Waals surface area (Å²) in [5.41, 5.74) is 9.31. The molecule has 21 heavy (non-hydrogen) atoms. The summed E-state index contributed by atoms with van der Waals surface area (Å²) in [5, 5.41) is 0. The van der Waals surface area contributed by atoms with Crippen molar-refractivity contribution in [2.45, 2.75) is 27.2 Å². The zero-order valence-corrected chi connectivity index (χ0v) is 13.2. The van der Waals surface area contributed by atoms with E-state index in [-0.39, 0.29) is 0 Å². The SMILES string of the molecule is C=Cc1[nH]cc(C(=C)C2=C(C)C(=C)C=C(C)C2)c1/C=C\C. The summed E-state index contributed by atoms with van der Waals surface area (Å²) < 4.78 is 0. The van der Waals surface area contributed by atoms with Crippen LogP contribution in [0.3, 0.4) is 0 Å². The molecule has 1 heteroatoms. The van der Waals surface area contributed by atoms with E-state index in [9.17, 15) is 0 Å². The van der Waals surface area contributed by atoms with Crippen molar-refractivity contribution in [1.82, 2.24) is 4.98 Å². The second kappa shape index (κ2) is 6.01. The van der Waals surface area contributed by atoms with Gasteiger partial charge in [0, 0.05) is 23.0 Å². The Kier molecular flexibility index (Phi) is 4.32. The first kappa shape index (κ1) is 15.1. The maximum atomic E-state index is 4.34. The van der Waals surface area contributed by atoms with Gasteiger partial charge >= 0.3 is 0 Å². The molecule has 1 aliphatic rings. The Balaban J connectivity index is 2.51. The number of aromatic nitrogens is 1. The second-order valence-corrected chi connectivity index (χ2v) is 5.51. The van der Waals surface area contributed by atoms with Crippen LogP contribution in [0, 0.1) is 0 Å². The molecule has 1 aromatic rings. The number of aromatic amines is 1. The molecule has 0 aromatic carbocycles. The summed E-state index contributed by atoms with van der Waals surface area (Å²) in [6.07, 6.45) is 11.1. The van der Waals surface area contributed by atoms with Crippen molar-refractivity contribution in [3.8, 4) is 0 Å². The van der Waals surface area contributed by atoms with Crippen molar-refractivity contribution >= 4 is 17.7 Å². The van der Waals surface area contributed by atoms with Gasteiger partial charge in [0.1, 0.15) is 0 Å². The highest BCUT2D eigenvalue weighted by Crippen LogP contribution is 2.37. The molecule has 0 unspecified atom stereocenters. The van der Waals surface area contributed by atoms with Crippen LogP contribution in [0.2, 0.25) is 0 Å². The Bertz CT molecular complexity index is 702. The maximum Gasteiger partial charge on any atom is 0.0454 e. The smallest absolute Gasteiger partial charge is 0.0454 e. The summed E-state index contributed by atoms with van der Waals surface area (Å²) >= 11 is 0. The van der Waals surface area contributed by atoms with Gasteiger partial charge in [-0.2, -0.15) is 0 Å². The zero-order valence-electron chi connectivity index (χ0n) is 13.2. The predicted molar refractivity (Wildman–Crippen MR) is 94.8 cm³/mol. The summed E-state index contributed by atoms with van der Waals surface area (Å²) in [5.74, 6) is 0. The van der Waals surface area contributed by atoms with Crippen LogP contribution >= 0.6 is 0 Å². The highest BCUT2D eigenvalue weighted by Gasteiger charge is 2.18. The fourth-order valence-electron chi connectivity index (χ4n) is 2.77. The number of hydrogen-bond acceptors (Lipinski definition) is 0. The third-order valence-corrected chi connectivity index (χ3v) is 3.99. The minimum atomic E-state index is 0.938. The molecule has 0 amide bonds. The summed E-state index contributed by atoms with van der Waals surface area (Å²) in [4.78, 5) is 3.28. The van der Waals surface area contributed by atoms with Crippen LogP contribution < -0.4 is 0 Å². The Morgan fingerprint density at radius 3 is 2.67 bits per heavy atom. The lowest BCUT2D eigenvalue weighted by atomic mass is 9.84. The third kappa shape index (κ3) is 2.78. The number of rotatable bonds is 4. The monoisotopic (exact) mass is 277 g/mol. The van der Waals surface area contributed by atoms with E-state index in [2.05, 4.69) is 50.7 Å². The van der Waals surface area contributed by atoms with Gasteiger partial charge in [-0.05, 0) is 55.6 Å². The lowest BCUT2D eigenvalue weighted by Gasteiger charge is -2.21. The van der Waals surface area contributed by atoms with Crippen molar-refractivity contribution in [3.05, 3.63) is 77.2 Å². The van der Waals surface area contributed by atoms with Crippen LogP contribution in [-0.4, -0.2) is 4.98 Å². The van der Waals surface area contributed by atoms with Crippen molar-refractivity contribution in [3.63, 3.8) is 0 Å². The Morgan fingerprint density at radius 2 is 2.05 bits per heavy atom. The Labute approximate surface area is 127 Å². The molecule has 1 aliphatic carbocycles. The predicted octanol–water partition coefficient (Wildman–Crippen LogP) is 5.93. The van der Waals surface area contributed by atoms with E-state index in [0.717, 1.165) is 34.4 Å². The summed E-state index contributed by atoms with van der Waals surface area (Å²) in [7, 11) is 0. The fourth-order valence-corrected chi connectivity index (χ4v) is 2.77.